The van der Waals surface area contributed by atoms with Crippen molar-refractivity contribution in [1.82, 2.24) is 5.32 Å². The maximum atomic E-state index is 12.0. The summed E-state index contributed by atoms with van der Waals surface area (Å²) < 4.78 is 0. The molecule has 0 aliphatic carbocycles. The molecule has 2 heterocycles. The fourth-order valence-electron chi connectivity index (χ4n) is 3.95. The van der Waals surface area contributed by atoms with Gasteiger partial charge in [-0.1, -0.05) is 30.8 Å². The van der Waals surface area contributed by atoms with E-state index >= 15 is 0 Å². The van der Waals surface area contributed by atoms with Gasteiger partial charge >= 0.3 is 0 Å². The summed E-state index contributed by atoms with van der Waals surface area (Å²) in [4.78, 5) is 54.7. The summed E-state index contributed by atoms with van der Waals surface area (Å²) in [5, 5.41) is 2.83. The topological polar surface area (TPSA) is 99.2 Å². The predicted molar refractivity (Wildman–Crippen MR) is 129 cm³/mol. The largest absolute Gasteiger partial charge is 0.354 e. The molecule has 0 atom stereocenters. The molecule has 8 heteroatoms. The van der Waals surface area contributed by atoms with Crippen LogP contribution in [0.3, 0.4) is 0 Å². The van der Waals surface area contributed by atoms with E-state index < -0.39 is 5.41 Å². The third-order valence-corrected chi connectivity index (χ3v) is 5.83. The second-order valence-corrected chi connectivity index (χ2v) is 7.96. The van der Waals surface area contributed by atoms with Crippen LogP contribution in [0, 0.1) is 0 Å². The SMILES string of the molecule is C=CNC=NCC(C)(c1ccc(N2C(=O)C=CC2=O)cc1)c1ccc(N2C(=O)C=CC2=O)cc1. The monoisotopic (exact) mass is 454 g/mol. The van der Waals surface area contributed by atoms with Gasteiger partial charge in [-0.15, -0.1) is 0 Å². The van der Waals surface area contributed by atoms with Gasteiger partial charge in [-0.2, -0.15) is 0 Å². The van der Waals surface area contributed by atoms with E-state index in [2.05, 4.69) is 16.9 Å². The van der Waals surface area contributed by atoms with E-state index in [9.17, 15) is 19.2 Å². The van der Waals surface area contributed by atoms with Crippen molar-refractivity contribution in [2.24, 2.45) is 4.99 Å². The molecule has 4 rings (SSSR count). The van der Waals surface area contributed by atoms with Crippen molar-refractivity contribution >= 4 is 41.3 Å². The number of hydrogen-bond donors (Lipinski definition) is 1. The van der Waals surface area contributed by atoms with Gasteiger partial charge in [0.1, 0.15) is 0 Å². The smallest absolute Gasteiger partial charge is 0.258 e. The minimum absolute atomic E-state index is 0.374. The van der Waals surface area contributed by atoms with Gasteiger partial charge in [0.05, 0.1) is 24.3 Å². The third kappa shape index (κ3) is 4.09. The number of rotatable bonds is 8. The van der Waals surface area contributed by atoms with E-state index in [1.807, 2.05) is 31.2 Å². The number of nitrogens with zero attached hydrogens (tertiary/aromatic N) is 3. The number of imide groups is 2. The Labute approximate surface area is 196 Å². The zero-order valence-corrected chi connectivity index (χ0v) is 18.5. The zero-order chi connectivity index (χ0) is 24.3. The Bertz CT molecular complexity index is 1140. The van der Waals surface area contributed by atoms with Crippen LogP contribution in [0.2, 0.25) is 0 Å². The van der Waals surface area contributed by atoms with Crippen molar-refractivity contribution in [3.05, 3.63) is 96.7 Å². The van der Waals surface area contributed by atoms with Crippen molar-refractivity contribution < 1.29 is 19.2 Å². The molecule has 2 aromatic carbocycles. The van der Waals surface area contributed by atoms with Crippen LogP contribution in [0.25, 0.3) is 0 Å². The third-order valence-electron chi connectivity index (χ3n) is 5.83. The summed E-state index contributed by atoms with van der Waals surface area (Å²) in [6.45, 7) is 5.99. The molecule has 4 amide bonds. The van der Waals surface area contributed by atoms with Gasteiger partial charge in [0, 0.05) is 29.7 Å². The highest BCUT2D eigenvalue weighted by atomic mass is 16.2. The molecule has 1 N–H and O–H groups in total. The summed E-state index contributed by atoms with van der Waals surface area (Å²) in [7, 11) is 0. The molecular formula is C26H22N4O4. The fourth-order valence-corrected chi connectivity index (χ4v) is 3.95. The molecule has 0 unspecified atom stereocenters. The van der Waals surface area contributed by atoms with Crippen LogP contribution >= 0.6 is 0 Å². The first-order chi connectivity index (χ1) is 16.3. The molecule has 2 aliphatic rings. The normalized spacial score (nSPS) is 15.8. The average Bonchev–Trinajstić information content (AvgIpc) is 3.36. The highest BCUT2D eigenvalue weighted by Gasteiger charge is 2.31. The molecular weight excluding hydrogens is 432 g/mol. The van der Waals surface area contributed by atoms with Gasteiger partial charge in [0.2, 0.25) is 0 Å². The molecule has 2 aromatic rings. The Morgan fingerprint density at radius 2 is 1.15 bits per heavy atom. The molecule has 34 heavy (non-hydrogen) atoms. The van der Waals surface area contributed by atoms with Gasteiger partial charge in [-0.3, -0.25) is 24.2 Å². The minimum atomic E-state index is -0.592. The molecule has 0 fully saturated rings. The maximum absolute atomic E-state index is 12.0. The minimum Gasteiger partial charge on any atom is -0.354 e. The van der Waals surface area contributed by atoms with E-state index in [0.717, 1.165) is 20.9 Å². The lowest BCUT2D eigenvalue weighted by atomic mass is 9.76. The number of benzene rings is 2. The molecule has 170 valence electrons. The summed E-state index contributed by atoms with van der Waals surface area (Å²) >= 11 is 0. The van der Waals surface area contributed by atoms with E-state index in [1.165, 1.54) is 30.5 Å². The predicted octanol–water partition coefficient (Wildman–Crippen LogP) is 2.61. The molecule has 0 bridgehead atoms. The highest BCUT2D eigenvalue weighted by Crippen LogP contribution is 2.35. The van der Waals surface area contributed by atoms with Crippen molar-refractivity contribution in [3.63, 3.8) is 0 Å². The molecule has 0 aromatic heterocycles. The van der Waals surface area contributed by atoms with Crippen molar-refractivity contribution in [3.8, 4) is 0 Å². The Morgan fingerprint density at radius 3 is 1.50 bits per heavy atom. The first-order valence-corrected chi connectivity index (χ1v) is 10.5. The van der Waals surface area contributed by atoms with Crippen LogP contribution in [-0.2, 0) is 24.6 Å². The number of carbonyl (C=O) groups is 4. The summed E-state index contributed by atoms with van der Waals surface area (Å²) in [6, 6.07) is 14.3. The lowest BCUT2D eigenvalue weighted by Gasteiger charge is -2.30. The van der Waals surface area contributed by atoms with E-state index in [0.29, 0.717) is 17.9 Å². The summed E-state index contributed by atoms with van der Waals surface area (Å²) in [5.41, 5.74) is 2.18. The van der Waals surface area contributed by atoms with Crippen LogP contribution < -0.4 is 15.1 Å². The van der Waals surface area contributed by atoms with E-state index in [4.69, 9.17) is 0 Å². The van der Waals surface area contributed by atoms with Gasteiger partial charge in [-0.25, -0.2) is 9.80 Å². The van der Waals surface area contributed by atoms with Crippen LogP contribution in [0.1, 0.15) is 18.1 Å². The lowest BCUT2D eigenvalue weighted by Crippen LogP contribution is -2.31. The number of nitrogens with one attached hydrogen (secondary N) is 1. The quantitative estimate of drug-likeness (QED) is 0.376. The summed E-state index contributed by atoms with van der Waals surface area (Å²) in [6.07, 6.45) is 8.04. The number of amides is 4. The number of hydrogen-bond acceptors (Lipinski definition) is 5. The molecule has 2 aliphatic heterocycles. The van der Waals surface area contributed by atoms with Crippen LogP contribution in [0.15, 0.2) is 90.6 Å². The lowest BCUT2D eigenvalue weighted by molar-refractivity contribution is -0.121. The summed E-state index contributed by atoms with van der Waals surface area (Å²) in [5.74, 6) is -1.51. The van der Waals surface area contributed by atoms with Crippen molar-refractivity contribution in [2.75, 3.05) is 16.3 Å². The van der Waals surface area contributed by atoms with Crippen LogP contribution in [-0.4, -0.2) is 36.5 Å². The van der Waals surface area contributed by atoms with Gasteiger partial charge < -0.3 is 5.32 Å². The van der Waals surface area contributed by atoms with Gasteiger partial charge in [0.25, 0.3) is 23.6 Å². The first kappa shape index (κ1) is 22.6. The number of aliphatic imine (C=N–C) groups is 1. The Balaban J connectivity index is 1.67. The molecule has 0 saturated carbocycles. The fraction of sp³-hybridized carbons (Fsp3) is 0.115. The van der Waals surface area contributed by atoms with Crippen LogP contribution in [0.5, 0.6) is 0 Å². The zero-order valence-electron chi connectivity index (χ0n) is 18.5. The molecule has 0 saturated heterocycles. The van der Waals surface area contributed by atoms with E-state index in [1.54, 1.807) is 30.6 Å². The number of carbonyl (C=O) groups excluding carboxylic acids is 4. The van der Waals surface area contributed by atoms with Gasteiger partial charge in [-0.05, 0) is 48.5 Å². The first-order valence-electron chi connectivity index (χ1n) is 10.5. The Morgan fingerprint density at radius 1 is 0.765 bits per heavy atom. The van der Waals surface area contributed by atoms with Crippen LogP contribution in [0.4, 0.5) is 11.4 Å². The average molecular weight is 454 g/mol. The van der Waals surface area contributed by atoms with Crippen molar-refractivity contribution in [2.45, 2.75) is 12.3 Å². The second-order valence-electron chi connectivity index (χ2n) is 7.96. The highest BCUT2D eigenvalue weighted by molar-refractivity contribution is 6.28. The maximum Gasteiger partial charge on any atom is 0.258 e. The van der Waals surface area contributed by atoms with Crippen molar-refractivity contribution in [1.29, 1.82) is 0 Å². The Kier molecular flexibility index (Phi) is 6.05. The standard InChI is InChI=1S/C26H22N4O4/c1-3-27-17-28-16-26(2,18-4-8-20(9-5-18)29-22(31)12-13-23(29)32)19-6-10-21(11-7-19)30-24(33)14-15-25(30)34/h3-15,17H,1,16H2,2H3,(H,27,28). The second kappa shape index (κ2) is 9.11. The van der Waals surface area contributed by atoms with Gasteiger partial charge in [0.15, 0.2) is 0 Å². The number of anilines is 2. The Hall–Kier alpha value is -4.59. The molecule has 0 spiro atoms. The molecule has 8 nitrogen and oxygen atoms in total. The molecule has 0 radical (unpaired) electrons. The van der Waals surface area contributed by atoms with E-state index in [-0.39, 0.29) is 23.6 Å².